The molecule has 1 aromatic heterocycles. The van der Waals surface area contributed by atoms with Crippen LogP contribution >= 0.6 is 11.3 Å². The topological polar surface area (TPSA) is 42.0 Å². The predicted octanol–water partition coefficient (Wildman–Crippen LogP) is 3.22. The van der Waals surface area contributed by atoms with Gasteiger partial charge >= 0.3 is 0 Å². The van der Waals surface area contributed by atoms with Gasteiger partial charge in [-0.15, -0.1) is 11.3 Å². The van der Waals surface area contributed by atoms with Crippen LogP contribution in [0, 0.1) is 24.7 Å². The zero-order valence-corrected chi connectivity index (χ0v) is 10.9. The summed E-state index contributed by atoms with van der Waals surface area (Å²) >= 11 is 1.55. The molecule has 2 aliphatic rings. The van der Waals surface area contributed by atoms with E-state index >= 15 is 0 Å². The normalized spacial score (nSPS) is 30.8. The molecule has 0 saturated heterocycles. The van der Waals surface area contributed by atoms with Gasteiger partial charge in [0.2, 0.25) is 5.91 Å². The Morgan fingerprint density at radius 2 is 2.41 bits per heavy atom. The summed E-state index contributed by atoms with van der Waals surface area (Å²) in [5, 5.41) is 3.66. The Balaban J connectivity index is 1.54. The SMILES string of the molecule is Cc1cnc(NC(=O)C[C@H]2C[C@H]3CC[C@@H]2C3)s1. The standard InChI is InChI=1S/C13H18N2OS/c1-8-7-14-13(17-8)15-12(16)6-11-5-9-2-3-10(11)4-9/h7,9-11H,2-6H2,1H3,(H,14,15,16)/t9-,10+,11+/m0/s1. The van der Waals surface area contributed by atoms with Crippen LogP contribution in [0.5, 0.6) is 0 Å². The second-order valence-corrected chi connectivity index (χ2v) is 6.70. The molecular formula is C13H18N2OS. The Morgan fingerprint density at radius 1 is 1.53 bits per heavy atom. The zero-order chi connectivity index (χ0) is 11.8. The summed E-state index contributed by atoms with van der Waals surface area (Å²) in [6.07, 6.45) is 7.88. The molecule has 2 bridgehead atoms. The number of nitrogens with one attached hydrogen (secondary N) is 1. The quantitative estimate of drug-likeness (QED) is 0.895. The summed E-state index contributed by atoms with van der Waals surface area (Å²) < 4.78 is 0. The Morgan fingerprint density at radius 3 is 3.00 bits per heavy atom. The minimum Gasteiger partial charge on any atom is -0.302 e. The molecule has 0 unspecified atom stereocenters. The van der Waals surface area contributed by atoms with E-state index in [0.717, 1.165) is 21.8 Å². The molecule has 4 heteroatoms. The number of hydrogen-bond donors (Lipinski definition) is 1. The Hall–Kier alpha value is -0.900. The molecule has 3 rings (SSSR count). The molecule has 2 saturated carbocycles. The van der Waals surface area contributed by atoms with Gasteiger partial charge in [-0.3, -0.25) is 4.79 Å². The first-order valence-electron chi connectivity index (χ1n) is 6.43. The minimum absolute atomic E-state index is 0.150. The van der Waals surface area contributed by atoms with Crippen LogP contribution in [0.15, 0.2) is 6.20 Å². The lowest BCUT2D eigenvalue weighted by molar-refractivity contribution is -0.117. The molecule has 0 spiro atoms. The van der Waals surface area contributed by atoms with Gasteiger partial charge < -0.3 is 5.32 Å². The minimum atomic E-state index is 0.150. The molecule has 0 aromatic carbocycles. The third-order valence-electron chi connectivity index (χ3n) is 4.20. The van der Waals surface area contributed by atoms with Crippen LogP contribution in [0.1, 0.15) is 37.0 Å². The third kappa shape index (κ3) is 2.37. The smallest absolute Gasteiger partial charge is 0.226 e. The Kier molecular flexibility index (Phi) is 2.90. The van der Waals surface area contributed by atoms with E-state index in [0.29, 0.717) is 12.3 Å². The highest BCUT2D eigenvalue weighted by Crippen LogP contribution is 2.49. The summed E-state index contributed by atoms with van der Waals surface area (Å²) in [5.74, 6) is 2.52. The molecule has 1 amide bonds. The average Bonchev–Trinajstić information content (AvgIpc) is 2.95. The zero-order valence-electron chi connectivity index (χ0n) is 10.1. The van der Waals surface area contributed by atoms with E-state index in [4.69, 9.17) is 0 Å². The average molecular weight is 250 g/mol. The van der Waals surface area contributed by atoms with Crippen LogP contribution in [-0.4, -0.2) is 10.9 Å². The number of rotatable bonds is 3. The fraction of sp³-hybridized carbons (Fsp3) is 0.692. The number of aromatic nitrogens is 1. The summed E-state index contributed by atoms with van der Waals surface area (Å²) in [6.45, 7) is 2.00. The number of amides is 1. The molecule has 1 aromatic rings. The summed E-state index contributed by atoms with van der Waals surface area (Å²) in [7, 11) is 0. The highest BCUT2D eigenvalue weighted by molar-refractivity contribution is 7.15. The molecule has 3 nitrogen and oxygen atoms in total. The van der Waals surface area contributed by atoms with Crippen molar-refractivity contribution < 1.29 is 4.79 Å². The molecule has 0 radical (unpaired) electrons. The van der Waals surface area contributed by atoms with Crippen molar-refractivity contribution in [3.05, 3.63) is 11.1 Å². The maximum absolute atomic E-state index is 11.9. The van der Waals surface area contributed by atoms with E-state index in [9.17, 15) is 4.79 Å². The lowest BCUT2D eigenvalue weighted by Crippen LogP contribution is -2.20. The van der Waals surface area contributed by atoms with E-state index in [1.54, 1.807) is 17.5 Å². The monoisotopic (exact) mass is 250 g/mol. The van der Waals surface area contributed by atoms with Crippen LogP contribution in [0.25, 0.3) is 0 Å². The van der Waals surface area contributed by atoms with E-state index in [-0.39, 0.29) is 5.91 Å². The number of anilines is 1. The van der Waals surface area contributed by atoms with Gasteiger partial charge in [0, 0.05) is 17.5 Å². The van der Waals surface area contributed by atoms with Crippen LogP contribution in [0.2, 0.25) is 0 Å². The second-order valence-electron chi connectivity index (χ2n) is 5.46. The maximum Gasteiger partial charge on any atom is 0.226 e. The van der Waals surface area contributed by atoms with Crippen molar-refractivity contribution >= 4 is 22.4 Å². The number of hydrogen-bond acceptors (Lipinski definition) is 3. The lowest BCUT2D eigenvalue weighted by atomic mass is 9.86. The third-order valence-corrected chi connectivity index (χ3v) is 5.03. The molecule has 2 aliphatic carbocycles. The molecule has 92 valence electrons. The first-order valence-corrected chi connectivity index (χ1v) is 7.24. The number of carbonyl (C=O) groups is 1. The number of carbonyl (C=O) groups excluding carboxylic acids is 1. The van der Waals surface area contributed by atoms with E-state index in [1.807, 2.05) is 6.92 Å². The molecular weight excluding hydrogens is 232 g/mol. The van der Waals surface area contributed by atoms with Crippen molar-refractivity contribution in [3.8, 4) is 0 Å². The Bertz CT molecular complexity index is 429. The molecule has 0 aliphatic heterocycles. The predicted molar refractivity (Wildman–Crippen MR) is 69.0 cm³/mol. The fourth-order valence-corrected chi connectivity index (χ4v) is 4.13. The van der Waals surface area contributed by atoms with Gasteiger partial charge in [0.15, 0.2) is 5.13 Å². The number of nitrogens with zero attached hydrogens (tertiary/aromatic N) is 1. The van der Waals surface area contributed by atoms with Crippen LogP contribution in [-0.2, 0) is 4.79 Å². The van der Waals surface area contributed by atoms with Crippen molar-refractivity contribution in [3.63, 3.8) is 0 Å². The second kappa shape index (κ2) is 4.41. The molecule has 1 N–H and O–H groups in total. The van der Waals surface area contributed by atoms with Crippen molar-refractivity contribution in [2.24, 2.45) is 17.8 Å². The fourth-order valence-electron chi connectivity index (χ4n) is 3.45. The van der Waals surface area contributed by atoms with Crippen molar-refractivity contribution in [1.82, 2.24) is 4.98 Å². The maximum atomic E-state index is 11.9. The van der Waals surface area contributed by atoms with Gasteiger partial charge in [-0.25, -0.2) is 4.98 Å². The number of fused-ring (bicyclic) bond motifs is 2. The van der Waals surface area contributed by atoms with E-state index < -0.39 is 0 Å². The number of thiazole rings is 1. The van der Waals surface area contributed by atoms with Crippen LogP contribution in [0.3, 0.4) is 0 Å². The van der Waals surface area contributed by atoms with E-state index in [2.05, 4.69) is 10.3 Å². The van der Waals surface area contributed by atoms with Crippen molar-refractivity contribution in [2.75, 3.05) is 5.32 Å². The van der Waals surface area contributed by atoms with Crippen molar-refractivity contribution in [1.29, 1.82) is 0 Å². The molecule has 2 fully saturated rings. The van der Waals surface area contributed by atoms with Gasteiger partial charge in [0.25, 0.3) is 0 Å². The summed E-state index contributed by atoms with van der Waals surface area (Å²) in [5.41, 5.74) is 0. The highest BCUT2D eigenvalue weighted by Gasteiger charge is 2.40. The van der Waals surface area contributed by atoms with Crippen LogP contribution < -0.4 is 5.32 Å². The van der Waals surface area contributed by atoms with Gasteiger partial charge in [-0.1, -0.05) is 6.42 Å². The first-order chi connectivity index (χ1) is 8.20. The lowest BCUT2D eigenvalue weighted by Gasteiger charge is -2.20. The van der Waals surface area contributed by atoms with Crippen molar-refractivity contribution in [2.45, 2.75) is 39.0 Å². The summed E-state index contributed by atoms with van der Waals surface area (Å²) in [6, 6.07) is 0. The number of aryl methyl sites for hydroxylation is 1. The first kappa shape index (κ1) is 11.2. The van der Waals surface area contributed by atoms with Gasteiger partial charge in [-0.2, -0.15) is 0 Å². The van der Waals surface area contributed by atoms with Gasteiger partial charge in [0.1, 0.15) is 0 Å². The highest BCUT2D eigenvalue weighted by atomic mass is 32.1. The largest absolute Gasteiger partial charge is 0.302 e. The van der Waals surface area contributed by atoms with Gasteiger partial charge in [-0.05, 0) is 43.9 Å². The van der Waals surface area contributed by atoms with Gasteiger partial charge in [0.05, 0.1) is 0 Å². The molecule has 3 atom stereocenters. The molecule has 1 heterocycles. The Labute approximate surface area is 106 Å². The van der Waals surface area contributed by atoms with E-state index in [1.165, 1.54) is 25.7 Å². The van der Waals surface area contributed by atoms with Crippen LogP contribution in [0.4, 0.5) is 5.13 Å². The summed E-state index contributed by atoms with van der Waals surface area (Å²) in [4.78, 5) is 17.2. The molecule has 17 heavy (non-hydrogen) atoms.